The number of nitrogens with zero attached hydrogens (tertiary/aromatic N) is 1. The molecule has 0 amide bonds. The van der Waals surface area contributed by atoms with Crippen LogP contribution in [0, 0.1) is 5.82 Å². The maximum Gasteiger partial charge on any atom is 0.161 e. The van der Waals surface area contributed by atoms with Crippen LogP contribution < -0.4 is 5.32 Å². The van der Waals surface area contributed by atoms with E-state index in [1.807, 2.05) is 18.2 Å². The van der Waals surface area contributed by atoms with E-state index in [-0.39, 0.29) is 15.3 Å². The zero-order chi connectivity index (χ0) is 14.8. The molecule has 1 N–H and O–H groups in total. The van der Waals surface area contributed by atoms with Gasteiger partial charge in [0.1, 0.15) is 5.82 Å². The van der Waals surface area contributed by atoms with Crippen molar-refractivity contribution in [2.24, 2.45) is 4.99 Å². The van der Waals surface area contributed by atoms with E-state index in [9.17, 15) is 4.39 Å². The number of hydrogen-bond donors (Lipinski definition) is 1. The number of thioether (sulfide) groups is 1. The topological polar surface area (TPSA) is 24.4 Å². The SMILES string of the molecule is Fc1cc(Cl)c(NC2=NCC(c3ccccc3)S2)c(Cl)c1. The molecule has 0 radical (unpaired) electrons. The third-order valence-electron chi connectivity index (χ3n) is 3.06. The van der Waals surface area contributed by atoms with Crippen molar-refractivity contribution in [1.29, 1.82) is 0 Å². The molecule has 1 heterocycles. The van der Waals surface area contributed by atoms with Crippen LogP contribution in [0.3, 0.4) is 0 Å². The molecule has 3 rings (SSSR count). The van der Waals surface area contributed by atoms with Crippen LogP contribution in [-0.2, 0) is 0 Å². The lowest BCUT2D eigenvalue weighted by atomic mass is 10.1. The van der Waals surface area contributed by atoms with Crippen molar-refractivity contribution in [3.8, 4) is 0 Å². The minimum atomic E-state index is -0.460. The Bertz CT molecular complexity index is 668. The van der Waals surface area contributed by atoms with Crippen LogP contribution >= 0.6 is 35.0 Å². The van der Waals surface area contributed by atoms with Crippen LogP contribution in [0.25, 0.3) is 0 Å². The first kappa shape index (κ1) is 14.7. The van der Waals surface area contributed by atoms with E-state index in [2.05, 4.69) is 22.4 Å². The fourth-order valence-corrected chi connectivity index (χ4v) is 3.63. The monoisotopic (exact) mass is 340 g/mol. The lowest BCUT2D eigenvalue weighted by Gasteiger charge is -2.11. The molecule has 0 fully saturated rings. The van der Waals surface area contributed by atoms with Crippen molar-refractivity contribution in [1.82, 2.24) is 0 Å². The molecular weight excluding hydrogens is 330 g/mol. The smallest absolute Gasteiger partial charge is 0.161 e. The molecule has 1 atom stereocenters. The van der Waals surface area contributed by atoms with Crippen LogP contribution in [0.5, 0.6) is 0 Å². The van der Waals surface area contributed by atoms with Gasteiger partial charge in [-0.1, -0.05) is 65.3 Å². The van der Waals surface area contributed by atoms with Crippen molar-refractivity contribution in [3.05, 3.63) is 63.9 Å². The summed E-state index contributed by atoms with van der Waals surface area (Å²) in [5.74, 6) is -0.460. The highest BCUT2D eigenvalue weighted by Gasteiger charge is 2.22. The predicted octanol–water partition coefficient (Wildman–Crippen LogP) is 5.39. The third kappa shape index (κ3) is 3.34. The molecule has 1 aliphatic rings. The molecule has 0 saturated carbocycles. The van der Waals surface area contributed by atoms with Gasteiger partial charge in [0.25, 0.3) is 0 Å². The Morgan fingerprint density at radius 1 is 1.14 bits per heavy atom. The van der Waals surface area contributed by atoms with Gasteiger partial charge in [0.15, 0.2) is 5.17 Å². The fraction of sp³-hybridized carbons (Fsp3) is 0.133. The van der Waals surface area contributed by atoms with Gasteiger partial charge in [-0.2, -0.15) is 0 Å². The van der Waals surface area contributed by atoms with Gasteiger partial charge >= 0.3 is 0 Å². The Morgan fingerprint density at radius 2 is 1.81 bits per heavy atom. The zero-order valence-electron chi connectivity index (χ0n) is 10.8. The summed E-state index contributed by atoms with van der Waals surface area (Å²) in [7, 11) is 0. The number of aliphatic imine (C=N–C) groups is 1. The van der Waals surface area contributed by atoms with Crippen LogP contribution in [0.15, 0.2) is 47.5 Å². The van der Waals surface area contributed by atoms with E-state index in [0.29, 0.717) is 12.2 Å². The molecule has 0 bridgehead atoms. The standard InChI is InChI=1S/C15H11Cl2FN2S/c16-11-6-10(18)7-12(17)14(11)20-15-19-8-13(21-15)9-4-2-1-3-5-9/h1-7,13H,8H2,(H,19,20). The Kier molecular flexibility index (Phi) is 4.38. The summed E-state index contributed by atoms with van der Waals surface area (Å²) in [6.07, 6.45) is 0. The summed E-state index contributed by atoms with van der Waals surface area (Å²) in [6, 6.07) is 12.6. The maximum absolute atomic E-state index is 13.2. The third-order valence-corrected chi connectivity index (χ3v) is 4.82. The van der Waals surface area contributed by atoms with Gasteiger partial charge < -0.3 is 5.32 Å². The largest absolute Gasteiger partial charge is 0.333 e. The lowest BCUT2D eigenvalue weighted by Crippen LogP contribution is -2.06. The summed E-state index contributed by atoms with van der Waals surface area (Å²) >= 11 is 13.6. The fourth-order valence-electron chi connectivity index (χ4n) is 2.05. The van der Waals surface area contributed by atoms with Gasteiger partial charge in [0, 0.05) is 0 Å². The first-order chi connectivity index (χ1) is 10.1. The van der Waals surface area contributed by atoms with Crippen molar-refractivity contribution in [3.63, 3.8) is 0 Å². The Morgan fingerprint density at radius 3 is 2.48 bits per heavy atom. The van der Waals surface area contributed by atoms with E-state index < -0.39 is 5.82 Å². The summed E-state index contributed by atoms with van der Waals surface area (Å²) in [5, 5.41) is 4.58. The van der Waals surface area contributed by atoms with Crippen molar-refractivity contribution >= 4 is 45.8 Å². The number of amidine groups is 1. The number of hydrogen-bond acceptors (Lipinski definition) is 3. The lowest BCUT2D eigenvalue weighted by molar-refractivity contribution is 0.628. The Labute approximate surface area is 136 Å². The molecule has 21 heavy (non-hydrogen) atoms. The second-order valence-corrected chi connectivity index (χ2v) is 6.54. The molecule has 0 spiro atoms. The van der Waals surface area contributed by atoms with Gasteiger partial charge in [0.05, 0.1) is 27.5 Å². The Balaban J connectivity index is 1.73. The minimum absolute atomic E-state index is 0.242. The summed E-state index contributed by atoms with van der Waals surface area (Å²) < 4.78 is 13.2. The van der Waals surface area contributed by atoms with Crippen molar-refractivity contribution in [2.75, 3.05) is 11.9 Å². The second kappa shape index (κ2) is 6.26. The molecule has 2 aromatic rings. The number of anilines is 1. The average molecular weight is 341 g/mol. The van der Waals surface area contributed by atoms with E-state index in [1.54, 1.807) is 11.8 Å². The van der Waals surface area contributed by atoms with E-state index in [1.165, 1.54) is 17.7 Å². The summed E-state index contributed by atoms with van der Waals surface area (Å²) in [5.41, 5.74) is 1.71. The van der Waals surface area contributed by atoms with Gasteiger partial charge in [-0.15, -0.1) is 0 Å². The van der Waals surface area contributed by atoms with Crippen LogP contribution in [0.4, 0.5) is 10.1 Å². The molecule has 0 aliphatic carbocycles. The van der Waals surface area contributed by atoms with Gasteiger partial charge in [0.2, 0.25) is 0 Å². The van der Waals surface area contributed by atoms with Crippen LogP contribution in [0.2, 0.25) is 10.0 Å². The molecular formula is C15H11Cl2FN2S. The van der Waals surface area contributed by atoms with Gasteiger partial charge in [-0.3, -0.25) is 4.99 Å². The zero-order valence-corrected chi connectivity index (χ0v) is 13.1. The quantitative estimate of drug-likeness (QED) is 0.792. The molecule has 1 aliphatic heterocycles. The highest BCUT2D eigenvalue weighted by Crippen LogP contribution is 2.38. The normalized spacial score (nSPS) is 17.7. The number of rotatable bonds is 2. The first-order valence-corrected chi connectivity index (χ1v) is 7.94. The highest BCUT2D eigenvalue weighted by atomic mass is 35.5. The molecule has 2 aromatic carbocycles. The van der Waals surface area contributed by atoms with Crippen molar-refractivity contribution < 1.29 is 4.39 Å². The average Bonchev–Trinajstić information content (AvgIpc) is 2.92. The molecule has 2 nitrogen and oxygen atoms in total. The van der Waals surface area contributed by atoms with E-state index in [0.717, 1.165) is 5.17 Å². The van der Waals surface area contributed by atoms with Crippen LogP contribution in [0.1, 0.15) is 10.8 Å². The predicted molar refractivity (Wildman–Crippen MR) is 89.1 cm³/mol. The van der Waals surface area contributed by atoms with Gasteiger partial charge in [-0.25, -0.2) is 4.39 Å². The van der Waals surface area contributed by atoms with Crippen LogP contribution in [-0.4, -0.2) is 11.7 Å². The minimum Gasteiger partial charge on any atom is -0.333 e. The molecule has 0 aromatic heterocycles. The highest BCUT2D eigenvalue weighted by molar-refractivity contribution is 8.14. The van der Waals surface area contributed by atoms with Gasteiger partial charge in [-0.05, 0) is 17.7 Å². The van der Waals surface area contributed by atoms with Crippen molar-refractivity contribution in [2.45, 2.75) is 5.25 Å². The number of nitrogens with one attached hydrogen (secondary N) is 1. The molecule has 1 unspecified atom stereocenters. The summed E-state index contributed by atoms with van der Waals surface area (Å²) in [6.45, 7) is 0.688. The molecule has 6 heteroatoms. The van der Waals surface area contributed by atoms with E-state index >= 15 is 0 Å². The number of benzene rings is 2. The molecule has 0 saturated heterocycles. The first-order valence-electron chi connectivity index (χ1n) is 6.31. The summed E-state index contributed by atoms with van der Waals surface area (Å²) in [4.78, 5) is 4.45. The van der Waals surface area contributed by atoms with E-state index in [4.69, 9.17) is 23.2 Å². The second-order valence-electron chi connectivity index (χ2n) is 4.53. The molecule has 108 valence electrons. The Hall–Kier alpha value is -1.23. The number of halogens is 3. The maximum atomic E-state index is 13.2.